The molecular formula is C15H24N3O4S+. The Bertz CT molecular complexity index is 619. The minimum atomic E-state index is -3.45. The Morgan fingerprint density at radius 3 is 2.35 bits per heavy atom. The molecule has 1 aromatic heterocycles. The maximum Gasteiger partial charge on any atom is 0.274 e. The largest absolute Gasteiger partial charge is 0.379 e. The molecule has 128 valence electrons. The molecule has 0 amide bonds. The molecule has 2 saturated heterocycles. The molecule has 2 fully saturated rings. The van der Waals surface area contributed by atoms with Crippen molar-refractivity contribution in [2.24, 2.45) is 0 Å². The van der Waals surface area contributed by atoms with Crippen LogP contribution in [0.25, 0.3) is 0 Å². The number of nitrogens with one attached hydrogen (secondary N) is 1. The van der Waals surface area contributed by atoms with Gasteiger partial charge in [0.1, 0.15) is 24.2 Å². The predicted molar refractivity (Wildman–Crippen MR) is 84.8 cm³/mol. The molecule has 23 heavy (non-hydrogen) atoms. The van der Waals surface area contributed by atoms with E-state index in [1.54, 1.807) is 12.3 Å². The molecule has 7 nitrogen and oxygen atoms in total. The van der Waals surface area contributed by atoms with Crippen LogP contribution in [-0.2, 0) is 19.5 Å². The van der Waals surface area contributed by atoms with Crippen LogP contribution >= 0.6 is 0 Å². The molecule has 3 rings (SSSR count). The van der Waals surface area contributed by atoms with E-state index < -0.39 is 10.0 Å². The van der Waals surface area contributed by atoms with Crippen LogP contribution in [0.2, 0.25) is 0 Å². The molecule has 0 bridgehead atoms. The molecule has 2 aliphatic rings. The number of nitrogens with zero attached hydrogens (tertiary/aromatic N) is 2. The van der Waals surface area contributed by atoms with Gasteiger partial charge in [0.15, 0.2) is 0 Å². The van der Waals surface area contributed by atoms with Gasteiger partial charge < -0.3 is 9.47 Å². The van der Waals surface area contributed by atoms with Crippen LogP contribution < -0.4 is 9.88 Å². The molecule has 3 heterocycles. The van der Waals surface area contributed by atoms with Gasteiger partial charge in [0, 0.05) is 19.2 Å². The molecule has 2 atom stereocenters. The fraction of sp³-hybridized carbons (Fsp3) is 0.667. The van der Waals surface area contributed by atoms with Gasteiger partial charge in [-0.15, -0.1) is 0 Å². The highest BCUT2D eigenvalue weighted by molar-refractivity contribution is 7.89. The summed E-state index contributed by atoms with van der Waals surface area (Å²) < 4.78 is 37.6. The van der Waals surface area contributed by atoms with Gasteiger partial charge in [-0.05, 0) is 19.9 Å². The lowest BCUT2D eigenvalue weighted by atomic mass is 10.2. The van der Waals surface area contributed by atoms with E-state index in [0.717, 1.165) is 18.9 Å². The zero-order valence-electron chi connectivity index (χ0n) is 13.6. The van der Waals surface area contributed by atoms with Gasteiger partial charge in [-0.25, -0.2) is 13.4 Å². The number of anilines is 1. The number of sulfonamides is 1. The summed E-state index contributed by atoms with van der Waals surface area (Å²) in [4.78, 5) is 5.60. The van der Waals surface area contributed by atoms with Crippen molar-refractivity contribution in [3.05, 3.63) is 18.3 Å². The Morgan fingerprint density at radius 1 is 1.13 bits per heavy atom. The Morgan fingerprint density at radius 2 is 1.78 bits per heavy atom. The molecule has 0 unspecified atom stereocenters. The first-order valence-electron chi connectivity index (χ1n) is 7.97. The Kier molecular flexibility index (Phi) is 4.86. The molecule has 8 heteroatoms. The normalized spacial score (nSPS) is 27.1. The molecule has 1 N–H and O–H groups in total. The van der Waals surface area contributed by atoms with E-state index in [4.69, 9.17) is 9.47 Å². The van der Waals surface area contributed by atoms with Crippen LogP contribution in [0.4, 0.5) is 5.82 Å². The lowest BCUT2D eigenvalue weighted by Gasteiger charge is -2.31. The van der Waals surface area contributed by atoms with Gasteiger partial charge in [0.05, 0.1) is 25.4 Å². The lowest BCUT2D eigenvalue weighted by molar-refractivity contribution is -0.368. The molecule has 0 aromatic carbocycles. The van der Waals surface area contributed by atoms with Gasteiger partial charge >= 0.3 is 0 Å². The van der Waals surface area contributed by atoms with E-state index in [9.17, 15) is 8.42 Å². The van der Waals surface area contributed by atoms with Crippen molar-refractivity contribution in [3.8, 4) is 0 Å². The van der Waals surface area contributed by atoms with Crippen molar-refractivity contribution in [2.75, 3.05) is 44.3 Å². The Labute approximate surface area is 137 Å². The maximum atomic E-state index is 12.6. The van der Waals surface area contributed by atoms with Crippen LogP contribution in [0.5, 0.6) is 0 Å². The molecule has 0 saturated carbocycles. The fourth-order valence-electron chi connectivity index (χ4n) is 3.07. The van der Waals surface area contributed by atoms with Crippen molar-refractivity contribution < 1.29 is 22.9 Å². The highest BCUT2D eigenvalue weighted by Crippen LogP contribution is 2.19. The number of rotatable bonds is 3. The van der Waals surface area contributed by atoms with Gasteiger partial charge in [0.2, 0.25) is 10.0 Å². The summed E-state index contributed by atoms with van der Waals surface area (Å²) in [5.74, 6) is 0.910. The third-order valence-electron chi connectivity index (χ3n) is 4.14. The zero-order valence-corrected chi connectivity index (χ0v) is 14.4. The summed E-state index contributed by atoms with van der Waals surface area (Å²) >= 11 is 0. The summed E-state index contributed by atoms with van der Waals surface area (Å²) in [5.41, 5.74) is 0. The number of pyridine rings is 1. The third kappa shape index (κ3) is 3.65. The molecule has 2 aliphatic heterocycles. The lowest BCUT2D eigenvalue weighted by Crippen LogP contribution is -2.47. The van der Waals surface area contributed by atoms with Crippen molar-refractivity contribution >= 4 is 15.8 Å². The van der Waals surface area contributed by atoms with Crippen molar-refractivity contribution in [3.63, 3.8) is 0 Å². The summed E-state index contributed by atoms with van der Waals surface area (Å²) in [5, 5.41) is 0. The van der Waals surface area contributed by atoms with Crippen molar-refractivity contribution in [1.29, 1.82) is 0 Å². The smallest absolute Gasteiger partial charge is 0.274 e. The second-order valence-electron chi connectivity index (χ2n) is 6.09. The highest BCUT2D eigenvalue weighted by atomic mass is 32.2. The molecular weight excluding hydrogens is 318 g/mol. The highest BCUT2D eigenvalue weighted by Gasteiger charge is 2.30. The van der Waals surface area contributed by atoms with Gasteiger partial charge in [-0.1, -0.05) is 0 Å². The first kappa shape index (κ1) is 16.6. The van der Waals surface area contributed by atoms with E-state index in [0.29, 0.717) is 26.3 Å². The Balaban J connectivity index is 1.76. The SMILES string of the molecule is C[C@@H]1CN(c2ccc(S(=O)(=O)N3CCOCC3)c[nH+]2)C[C@@H](C)O1. The van der Waals surface area contributed by atoms with Crippen LogP contribution in [0.3, 0.4) is 0 Å². The standard InChI is InChI=1S/C15H23N3O4S/c1-12-10-17(11-13(2)22-12)15-4-3-14(9-16-15)23(19,20)18-5-7-21-8-6-18/h3-4,9,12-13H,5-8,10-11H2,1-2H3/p+1/t12-,13-/m1/s1. The topological polar surface area (TPSA) is 73.2 Å². The molecule has 0 spiro atoms. The monoisotopic (exact) mass is 342 g/mol. The zero-order chi connectivity index (χ0) is 16.4. The predicted octanol–water partition coefficient (Wildman–Crippen LogP) is 0.135. The number of aromatic nitrogens is 1. The quantitative estimate of drug-likeness (QED) is 0.781. The minimum Gasteiger partial charge on any atom is -0.379 e. The second kappa shape index (κ2) is 6.72. The van der Waals surface area contributed by atoms with Crippen LogP contribution in [-0.4, -0.2) is 64.3 Å². The number of hydrogen-bond donors (Lipinski definition) is 0. The van der Waals surface area contributed by atoms with E-state index in [1.165, 1.54) is 4.31 Å². The molecule has 1 aromatic rings. The summed E-state index contributed by atoms with van der Waals surface area (Å²) in [6, 6.07) is 3.50. The summed E-state index contributed by atoms with van der Waals surface area (Å²) in [6.07, 6.45) is 1.89. The molecule has 0 radical (unpaired) electrons. The number of ether oxygens (including phenoxy) is 2. The van der Waals surface area contributed by atoms with Crippen molar-refractivity contribution in [2.45, 2.75) is 31.0 Å². The van der Waals surface area contributed by atoms with Crippen LogP contribution in [0, 0.1) is 0 Å². The van der Waals surface area contributed by atoms with E-state index in [2.05, 4.69) is 9.88 Å². The summed E-state index contributed by atoms with van der Waals surface area (Å²) in [7, 11) is -3.45. The summed E-state index contributed by atoms with van der Waals surface area (Å²) in [6.45, 7) is 7.37. The average molecular weight is 342 g/mol. The minimum absolute atomic E-state index is 0.156. The first-order chi connectivity index (χ1) is 11.0. The van der Waals surface area contributed by atoms with E-state index in [1.807, 2.05) is 19.9 Å². The second-order valence-corrected chi connectivity index (χ2v) is 8.03. The van der Waals surface area contributed by atoms with Gasteiger partial charge in [-0.2, -0.15) is 4.31 Å². The third-order valence-corrected chi connectivity index (χ3v) is 6.03. The number of aromatic amines is 1. The van der Waals surface area contributed by atoms with Gasteiger partial charge in [0.25, 0.3) is 5.82 Å². The average Bonchev–Trinajstić information content (AvgIpc) is 2.55. The number of hydrogen-bond acceptors (Lipinski definition) is 5. The van der Waals surface area contributed by atoms with E-state index in [-0.39, 0.29) is 17.1 Å². The van der Waals surface area contributed by atoms with Crippen LogP contribution in [0.15, 0.2) is 23.2 Å². The van der Waals surface area contributed by atoms with Gasteiger partial charge in [-0.3, -0.25) is 4.90 Å². The van der Waals surface area contributed by atoms with Crippen molar-refractivity contribution in [1.82, 2.24) is 4.31 Å². The van der Waals surface area contributed by atoms with Crippen LogP contribution in [0.1, 0.15) is 13.8 Å². The number of H-pyrrole nitrogens is 1. The van der Waals surface area contributed by atoms with E-state index >= 15 is 0 Å². The maximum absolute atomic E-state index is 12.6. The fourth-order valence-corrected chi connectivity index (χ4v) is 4.45. The molecule has 0 aliphatic carbocycles. The first-order valence-corrected chi connectivity index (χ1v) is 9.41. The Hall–Kier alpha value is -1.22. The number of morpholine rings is 2.